The second kappa shape index (κ2) is 10.6. The van der Waals surface area contributed by atoms with Crippen LogP contribution < -0.4 is 13.8 Å². The van der Waals surface area contributed by atoms with Crippen molar-refractivity contribution in [3.05, 3.63) is 89.0 Å². The third-order valence-electron chi connectivity index (χ3n) is 5.43. The number of aryl methyl sites for hydroxylation is 1. The fraction of sp³-hybridized carbons (Fsp3) is 0.269. The van der Waals surface area contributed by atoms with Crippen LogP contribution in [0.3, 0.4) is 0 Å². The first-order chi connectivity index (χ1) is 16.1. The number of hydrogen-bond acceptors (Lipinski definition) is 5. The molecule has 0 fully saturated rings. The van der Waals surface area contributed by atoms with Crippen LogP contribution in [0.2, 0.25) is 0 Å². The van der Waals surface area contributed by atoms with Crippen molar-refractivity contribution >= 4 is 21.6 Å². The summed E-state index contributed by atoms with van der Waals surface area (Å²) < 4.78 is 36.8. The maximum atomic E-state index is 12.9. The van der Waals surface area contributed by atoms with E-state index in [4.69, 9.17) is 9.47 Å². The first kappa shape index (κ1) is 25.1. The number of benzene rings is 3. The average Bonchev–Trinajstić information content (AvgIpc) is 2.81. The van der Waals surface area contributed by atoms with E-state index in [0.29, 0.717) is 29.3 Å². The van der Waals surface area contributed by atoms with Gasteiger partial charge >= 0.3 is 0 Å². The van der Waals surface area contributed by atoms with E-state index in [1.165, 1.54) is 10.6 Å². The van der Waals surface area contributed by atoms with Crippen LogP contribution in [0.25, 0.3) is 0 Å². The minimum Gasteiger partial charge on any atom is -0.493 e. The summed E-state index contributed by atoms with van der Waals surface area (Å²) in [4.78, 5) is 14.6. The molecule has 3 aromatic rings. The maximum absolute atomic E-state index is 12.9. The Morgan fingerprint density at radius 1 is 0.853 bits per heavy atom. The molecule has 180 valence electrons. The van der Waals surface area contributed by atoms with Crippen LogP contribution in [0.1, 0.15) is 27.0 Å². The van der Waals surface area contributed by atoms with Crippen LogP contribution in [0.4, 0.5) is 5.69 Å². The molecule has 0 bridgehead atoms. The number of rotatable bonds is 9. The summed E-state index contributed by atoms with van der Waals surface area (Å²) in [5.74, 6) is 1.10. The molecule has 0 aliphatic heterocycles. The molecule has 0 aromatic heterocycles. The Kier molecular flexibility index (Phi) is 7.83. The van der Waals surface area contributed by atoms with Gasteiger partial charge in [-0.15, -0.1) is 0 Å². The number of anilines is 1. The van der Waals surface area contributed by atoms with Crippen LogP contribution in [0, 0.1) is 6.92 Å². The molecular weight excluding hydrogens is 452 g/mol. The molecule has 0 aliphatic carbocycles. The van der Waals surface area contributed by atoms with Crippen LogP contribution in [-0.4, -0.2) is 46.7 Å². The van der Waals surface area contributed by atoms with Gasteiger partial charge in [-0.3, -0.25) is 9.10 Å². The molecule has 0 spiro atoms. The zero-order valence-corrected chi connectivity index (χ0v) is 20.9. The fourth-order valence-corrected chi connectivity index (χ4v) is 4.53. The van der Waals surface area contributed by atoms with Crippen LogP contribution in [0.5, 0.6) is 11.5 Å². The molecule has 7 nitrogen and oxygen atoms in total. The van der Waals surface area contributed by atoms with Gasteiger partial charge in [0.2, 0.25) is 10.0 Å². The van der Waals surface area contributed by atoms with Gasteiger partial charge in [0, 0.05) is 19.2 Å². The van der Waals surface area contributed by atoms with E-state index in [0.717, 1.165) is 16.7 Å². The van der Waals surface area contributed by atoms with Gasteiger partial charge in [0.25, 0.3) is 5.91 Å². The lowest BCUT2D eigenvalue weighted by Gasteiger charge is -2.23. The second-order valence-electron chi connectivity index (χ2n) is 8.16. The zero-order chi connectivity index (χ0) is 24.9. The predicted octanol–water partition coefficient (Wildman–Crippen LogP) is 4.25. The summed E-state index contributed by atoms with van der Waals surface area (Å²) >= 11 is 0. The molecule has 3 aromatic carbocycles. The number of amides is 1. The van der Waals surface area contributed by atoms with Gasteiger partial charge < -0.3 is 14.4 Å². The molecule has 0 heterocycles. The largest absolute Gasteiger partial charge is 0.493 e. The lowest BCUT2D eigenvalue weighted by atomic mass is 10.1. The van der Waals surface area contributed by atoms with Gasteiger partial charge in [-0.25, -0.2) is 8.42 Å². The lowest BCUT2D eigenvalue weighted by Crippen LogP contribution is -2.29. The van der Waals surface area contributed by atoms with E-state index in [1.807, 2.05) is 43.3 Å². The number of sulfonamides is 1. The quantitative estimate of drug-likeness (QED) is 0.456. The highest BCUT2D eigenvalue weighted by Gasteiger charge is 2.19. The number of hydrogen-bond donors (Lipinski definition) is 0. The van der Waals surface area contributed by atoms with E-state index in [9.17, 15) is 13.2 Å². The summed E-state index contributed by atoms with van der Waals surface area (Å²) in [6, 6.07) is 19.9. The Bertz CT molecular complexity index is 1260. The number of carbonyl (C=O) groups excluding carboxylic acids is 1. The lowest BCUT2D eigenvalue weighted by molar-refractivity contribution is 0.0785. The van der Waals surface area contributed by atoms with Crippen molar-refractivity contribution in [2.24, 2.45) is 0 Å². The van der Waals surface area contributed by atoms with Crippen molar-refractivity contribution in [3.63, 3.8) is 0 Å². The number of carbonyl (C=O) groups is 1. The molecule has 1 amide bonds. The number of nitrogens with zero attached hydrogens (tertiary/aromatic N) is 2. The van der Waals surface area contributed by atoms with Crippen molar-refractivity contribution in [1.29, 1.82) is 0 Å². The standard InChI is InChI=1S/C26H30N2O5S/c1-19-7-6-8-23(15-19)28(34(5,30)31)18-20-9-12-22(13-10-20)26(29)27(2)17-21-11-14-24(32-3)25(16-21)33-4/h6-16H,17-18H2,1-5H3. The fourth-order valence-electron chi connectivity index (χ4n) is 3.65. The van der Waals surface area contributed by atoms with E-state index in [2.05, 4.69) is 0 Å². The van der Waals surface area contributed by atoms with Gasteiger partial charge in [0.05, 0.1) is 32.7 Å². The van der Waals surface area contributed by atoms with Gasteiger partial charge in [-0.05, 0) is 60.0 Å². The molecule has 34 heavy (non-hydrogen) atoms. The van der Waals surface area contributed by atoms with Gasteiger partial charge in [-0.1, -0.05) is 30.3 Å². The van der Waals surface area contributed by atoms with Crippen molar-refractivity contribution in [2.75, 3.05) is 31.8 Å². The van der Waals surface area contributed by atoms with Crippen molar-refractivity contribution in [2.45, 2.75) is 20.0 Å². The van der Waals surface area contributed by atoms with E-state index >= 15 is 0 Å². The van der Waals surface area contributed by atoms with Crippen molar-refractivity contribution < 1.29 is 22.7 Å². The Morgan fingerprint density at radius 3 is 2.09 bits per heavy atom. The van der Waals surface area contributed by atoms with Gasteiger partial charge in [0.1, 0.15) is 0 Å². The topological polar surface area (TPSA) is 76.2 Å². The summed E-state index contributed by atoms with van der Waals surface area (Å²) in [5.41, 5.74) is 3.80. The SMILES string of the molecule is COc1ccc(CN(C)C(=O)c2ccc(CN(c3cccc(C)c3)S(C)(=O)=O)cc2)cc1OC. The van der Waals surface area contributed by atoms with Gasteiger partial charge in [0.15, 0.2) is 11.5 Å². The molecule has 8 heteroatoms. The first-order valence-corrected chi connectivity index (χ1v) is 12.6. The average molecular weight is 483 g/mol. The van der Waals surface area contributed by atoms with E-state index in [-0.39, 0.29) is 12.5 Å². The summed E-state index contributed by atoms with van der Waals surface area (Å²) in [6.07, 6.45) is 1.19. The first-order valence-electron chi connectivity index (χ1n) is 10.7. The van der Waals surface area contributed by atoms with Crippen molar-refractivity contribution in [3.8, 4) is 11.5 Å². The Morgan fingerprint density at radius 2 is 1.50 bits per heavy atom. The maximum Gasteiger partial charge on any atom is 0.253 e. The molecular formula is C26H30N2O5S. The summed E-state index contributed by atoms with van der Waals surface area (Å²) in [6.45, 7) is 2.50. The molecule has 0 saturated carbocycles. The highest BCUT2D eigenvalue weighted by atomic mass is 32.2. The Labute approximate surface area is 201 Å². The minimum atomic E-state index is -3.48. The normalized spacial score (nSPS) is 11.1. The highest BCUT2D eigenvalue weighted by Crippen LogP contribution is 2.28. The second-order valence-corrected chi connectivity index (χ2v) is 10.1. The Balaban J connectivity index is 1.73. The van der Waals surface area contributed by atoms with Crippen molar-refractivity contribution in [1.82, 2.24) is 4.90 Å². The minimum absolute atomic E-state index is 0.139. The van der Waals surface area contributed by atoms with Gasteiger partial charge in [-0.2, -0.15) is 0 Å². The van der Waals surface area contributed by atoms with Crippen LogP contribution in [-0.2, 0) is 23.1 Å². The molecule has 0 unspecified atom stereocenters. The molecule has 0 radical (unpaired) electrons. The number of ether oxygens (including phenoxy) is 2. The smallest absolute Gasteiger partial charge is 0.253 e. The predicted molar refractivity (Wildman–Crippen MR) is 134 cm³/mol. The molecule has 3 rings (SSSR count). The molecule has 0 N–H and O–H groups in total. The van der Waals surface area contributed by atoms with Crippen LogP contribution >= 0.6 is 0 Å². The zero-order valence-electron chi connectivity index (χ0n) is 20.1. The highest BCUT2D eigenvalue weighted by molar-refractivity contribution is 7.92. The van der Waals surface area contributed by atoms with E-state index < -0.39 is 10.0 Å². The van der Waals surface area contributed by atoms with E-state index in [1.54, 1.807) is 56.5 Å². The third kappa shape index (κ3) is 6.08. The monoisotopic (exact) mass is 482 g/mol. The Hall–Kier alpha value is -3.52. The number of methoxy groups -OCH3 is 2. The van der Waals surface area contributed by atoms with Crippen LogP contribution in [0.15, 0.2) is 66.7 Å². The molecule has 0 saturated heterocycles. The summed E-state index contributed by atoms with van der Waals surface area (Å²) in [7, 11) is 1.40. The molecule has 0 atom stereocenters. The molecule has 0 aliphatic rings. The summed E-state index contributed by atoms with van der Waals surface area (Å²) in [5, 5.41) is 0. The third-order valence-corrected chi connectivity index (χ3v) is 6.57.